The van der Waals surface area contributed by atoms with Crippen LogP contribution >= 0.6 is 0 Å². The van der Waals surface area contributed by atoms with E-state index in [2.05, 4.69) is 10.0 Å². The highest BCUT2D eigenvalue weighted by atomic mass is 32.2. The van der Waals surface area contributed by atoms with E-state index in [0.717, 1.165) is 17.0 Å². The smallest absolute Gasteiger partial charge is 0.255 e. The van der Waals surface area contributed by atoms with Crippen molar-refractivity contribution in [1.29, 1.82) is 0 Å². The fraction of sp³-hybridized carbons (Fsp3) is 0.0556. The minimum atomic E-state index is -3.31. The average Bonchev–Trinajstić information content (AvgIpc) is 2.55. The van der Waals surface area contributed by atoms with E-state index in [0.29, 0.717) is 16.9 Å². The lowest BCUT2D eigenvalue weighted by Gasteiger charge is -2.08. The van der Waals surface area contributed by atoms with E-state index in [1.165, 1.54) is 0 Å². The van der Waals surface area contributed by atoms with Crippen LogP contribution in [-0.2, 0) is 10.0 Å². The molecule has 0 aliphatic heterocycles. The number of nitrogens with one attached hydrogen (secondary N) is 2. The van der Waals surface area contributed by atoms with E-state index >= 15 is 0 Å². The van der Waals surface area contributed by atoms with E-state index in [1.54, 1.807) is 30.3 Å². The van der Waals surface area contributed by atoms with Gasteiger partial charge in [0.1, 0.15) is 0 Å². The summed E-state index contributed by atoms with van der Waals surface area (Å²) in [6.45, 7) is 0. The Morgan fingerprint density at radius 1 is 0.833 bits per heavy atom. The minimum Gasteiger partial charge on any atom is -0.322 e. The third-order valence-electron chi connectivity index (χ3n) is 3.46. The minimum absolute atomic E-state index is 0.218. The topological polar surface area (TPSA) is 75.3 Å². The highest BCUT2D eigenvalue weighted by Gasteiger charge is 2.07. The van der Waals surface area contributed by atoms with Gasteiger partial charge in [-0.3, -0.25) is 9.52 Å². The summed E-state index contributed by atoms with van der Waals surface area (Å²) < 4.78 is 24.7. The number of anilines is 2. The highest BCUT2D eigenvalue weighted by molar-refractivity contribution is 7.92. The first kappa shape index (κ1) is 16.0. The molecule has 0 aromatic heterocycles. The summed E-state index contributed by atoms with van der Waals surface area (Å²) in [5.41, 5.74) is 1.60. The summed E-state index contributed by atoms with van der Waals surface area (Å²) in [6.07, 6.45) is 1.09. The average molecular weight is 340 g/mol. The van der Waals surface area contributed by atoms with Gasteiger partial charge in [-0.1, -0.05) is 30.3 Å². The Hall–Kier alpha value is -2.86. The molecule has 0 heterocycles. The second-order valence-electron chi connectivity index (χ2n) is 5.47. The van der Waals surface area contributed by atoms with Gasteiger partial charge in [-0.05, 0) is 47.2 Å². The quantitative estimate of drug-likeness (QED) is 0.764. The van der Waals surface area contributed by atoms with Crippen LogP contribution in [0.3, 0.4) is 0 Å². The highest BCUT2D eigenvalue weighted by Crippen LogP contribution is 2.18. The summed E-state index contributed by atoms with van der Waals surface area (Å²) in [4.78, 5) is 12.3. The van der Waals surface area contributed by atoms with Gasteiger partial charge in [0.2, 0.25) is 10.0 Å². The number of benzene rings is 3. The molecule has 0 fully saturated rings. The standard InChI is InChI=1S/C18H16N2O3S/c1-24(22,23)20-17-10-8-16(9-11-17)19-18(21)15-7-6-13-4-2-3-5-14(13)12-15/h2-12,20H,1H3,(H,19,21). The molecular weight excluding hydrogens is 324 g/mol. The third kappa shape index (κ3) is 3.91. The van der Waals surface area contributed by atoms with Gasteiger partial charge in [0.05, 0.1) is 6.26 Å². The van der Waals surface area contributed by atoms with Crippen molar-refractivity contribution in [3.63, 3.8) is 0 Å². The van der Waals surface area contributed by atoms with Crippen LogP contribution in [0.2, 0.25) is 0 Å². The molecule has 122 valence electrons. The van der Waals surface area contributed by atoms with Crippen molar-refractivity contribution in [2.24, 2.45) is 0 Å². The maximum Gasteiger partial charge on any atom is 0.255 e. The van der Waals surface area contributed by atoms with Crippen molar-refractivity contribution >= 4 is 38.1 Å². The van der Waals surface area contributed by atoms with E-state index in [4.69, 9.17) is 0 Å². The van der Waals surface area contributed by atoms with Crippen LogP contribution in [-0.4, -0.2) is 20.6 Å². The van der Waals surface area contributed by atoms with E-state index in [9.17, 15) is 13.2 Å². The molecule has 2 N–H and O–H groups in total. The number of fused-ring (bicyclic) bond motifs is 1. The first-order chi connectivity index (χ1) is 11.4. The van der Waals surface area contributed by atoms with E-state index in [1.807, 2.05) is 36.4 Å². The van der Waals surface area contributed by atoms with Crippen LogP contribution in [0.4, 0.5) is 11.4 Å². The van der Waals surface area contributed by atoms with Crippen LogP contribution in [0.15, 0.2) is 66.7 Å². The van der Waals surface area contributed by atoms with Crippen molar-refractivity contribution in [2.45, 2.75) is 0 Å². The predicted molar refractivity (Wildman–Crippen MR) is 96.8 cm³/mol. The summed E-state index contributed by atoms with van der Waals surface area (Å²) in [5.74, 6) is -0.218. The molecule has 5 nitrogen and oxygen atoms in total. The zero-order valence-corrected chi connectivity index (χ0v) is 13.8. The number of carbonyl (C=O) groups excluding carboxylic acids is 1. The van der Waals surface area contributed by atoms with Gasteiger partial charge in [0.15, 0.2) is 0 Å². The van der Waals surface area contributed by atoms with Gasteiger partial charge in [0, 0.05) is 16.9 Å². The molecule has 0 aliphatic carbocycles. The van der Waals surface area contributed by atoms with Crippen LogP contribution < -0.4 is 10.0 Å². The second kappa shape index (κ2) is 6.33. The molecule has 0 unspecified atom stereocenters. The predicted octanol–water partition coefficient (Wildman–Crippen LogP) is 3.46. The van der Waals surface area contributed by atoms with Gasteiger partial charge in [-0.2, -0.15) is 0 Å². The van der Waals surface area contributed by atoms with Gasteiger partial charge in [-0.25, -0.2) is 8.42 Å². The van der Waals surface area contributed by atoms with Crippen molar-refractivity contribution in [3.05, 3.63) is 72.3 Å². The first-order valence-electron chi connectivity index (χ1n) is 7.29. The second-order valence-corrected chi connectivity index (χ2v) is 7.22. The Balaban J connectivity index is 1.76. The Morgan fingerprint density at radius 2 is 1.46 bits per heavy atom. The summed E-state index contributed by atoms with van der Waals surface area (Å²) in [5, 5.41) is 4.87. The zero-order chi connectivity index (χ0) is 17.2. The molecule has 0 atom stereocenters. The van der Waals surface area contributed by atoms with Crippen molar-refractivity contribution in [3.8, 4) is 0 Å². The van der Waals surface area contributed by atoms with Crippen LogP contribution in [0, 0.1) is 0 Å². The number of amides is 1. The van der Waals surface area contributed by atoms with Gasteiger partial charge >= 0.3 is 0 Å². The molecule has 0 saturated carbocycles. The molecule has 0 spiro atoms. The fourth-order valence-corrected chi connectivity index (χ4v) is 2.93. The Bertz CT molecular complexity index is 996. The third-order valence-corrected chi connectivity index (χ3v) is 4.06. The molecule has 0 bridgehead atoms. The van der Waals surface area contributed by atoms with Gasteiger partial charge in [0.25, 0.3) is 5.91 Å². The molecule has 1 amide bonds. The van der Waals surface area contributed by atoms with Crippen molar-refractivity contribution in [1.82, 2.24) is 0 Å². The molecular formula is C18H16N2O3S. The molecule has 24 heavy (non-hydrogen) atoms. The number of hydrogen-bond donors (Lipinski definition) is 2. The summed E-state index contributed by atoms with van der Waals surface area (Å²) >= 11 is 0. The van der Waals surface area contributed by atoms with Gasteiger partial charge < -0.3 is 5.32 Å². The Labute approximate surface area is 140 Å². The SMILES string of the molecule is CS(=O)(=O)Nc1ccc(NC(=O)c2ccc3ccccc3c2)cc1. The molecule has 3 aromatic rings. The number of rotatable bonds is 4. The molecule has 3 aromatic carbocycles. The molecule has 0 saturated heterocycles. The van der Waals surface area contributed by atoms with Crippen LogP contribution in [0.5, 0.6) is 0 Å². The largest absolute Gasteiger partial charge is 0.322 e. The monoisotopic (exact) mass is 340 g/mol. The van der Waals surface area contributed by atoms with E-state index < -0.39 is 10.0 Å². The normalized spacial score (nSPS) is 11.2. The number of carbonyl (C=O) groups is 1. The molecule has 0 radical (unpaired) electrons. The van der Waals surface area contributed by atoms with Crippen molar-refractivity contribution in [2.75, 3.05) is 16.3 Å². The Morgan fingerprint density at radius 3 is 2.12 bits per heavy atom. The zero-order valence-electron chi connectivity index (χ0n) is 13.0. The van der Waals surface area contributed by atoms with Gasteiger partial charge in [-0.15, -0.1) is 0 Å². The molecule has 0 aliphatic rings. The number of sulfonamides is 1. The molecule has 6 heteroatoms. The summed E-state index contributed by atoms with van der Waals surface area (Å²) in [7, 11) is -3.31. The van der Waals surface area contributed by atoms with E-state index in [-0.39, 0.29) is 5.91 Å². The maximum absolute atomic E-state index is 12.3. The Kier molecular flexibility index (Phi) is 4.22. The van der Waals surface area contributed by atoms with Crippen LogP contribution in [0.1, 0.15) is 10.4 Å². The lowest BCUT2D eigenvalue weighted by molar-refractivity contribution is 0.102. The van der Waals surface area contributed by atoms with Crippen LogP contribution in [0.25, 0.3) is 10.8 Å². The lowest BCUT2D eigenvalue weighted by atomic mass is 10.1. The van der Waals surface area contributed by atoms with Crippen molar-refractivity contribution < 1.29 is 13.2 Å². The first-order valence-corrected chi connectivity index (χ1v) is 9.18. The lowest BCUT2D eigenvalue weighted by Crippen LogP contribution is -2.12. The fourth-order valence-electron chi connectivity index (χ4n) is 2.37. The summed E-state index contributed by atoms with van der Waals surface area (Å²) in [6, 6.07) is 19.8. The number of hydrogen-bond acceptors (Lipinski definition) is 3. The molecule has 3 rings (SSSR count). The maximum atomic E-state index is 12.3.